The van der Waals surface area contributed by atoms with Crippen molar-refractivity contribution in [3.05, 3.63) is 64.2 Å². The van der Waals surface area contributed by atoms with E-state index in [1.165, 1.54) is 0 Å². The molecule has 0 unspecified atom stereocenters. The second kappa shape index (κ2) is 8.22. The Balaban J connectivity index is 1.42. The molecule has 27 heavy (non-hydrogen) atoms. The number of ether oxygens (including phenoxy) is 2. The van der Waals surface area contributed by atoms with Crippen LogP contribution in [-0.2, 0) is 9.53 Å². The van der Waals surface area contributed by atoms with Crippen LogP contribution in [0.15, 0.2) is 42.5 Å². The number of halogens is 1. The number of nitrogens with zero attached hydrogens (tertiary/aromatic N) is 1. The summed E-state index contributed by atoms with van der Waals surface area (Å²) in [4.78, 5) is 37.1. The first kappa shape index (κ1) is 18.9. The van der Waals surface area contributed by atoms with E-state index >= 15 is 0 Å². The number of aryl methyl sites for hydroxylation is 1. The highest BCUT2D eigenvalue weighted by atomic mass is 35.5. The summed E-state index contributed by atoms with van der Waals surface area (Å²) in [6.07, 6.45) is 0.568. The van der Waals surface area contributed by atoms with Crippen LogP contribution >= 0.6 is 11.6 Å². The van der Waals surface area contributed by atoms with Crippen LogP contribution in [0.5, 0.6) is 5.75 Å². The number of rotatable bonds is 7. The number of amides is 2. The minimum Gasteiger partial charge on any atom is -0.493 e. The van der Waals surface area contributed by atoms with Crippen molar-refractivity contribution < 1.29 is 23.9 Å². The van der Waals surface area contributed by atoms with Crippen molar-refractivity contribution >= 4 is 29.4 Å². The molecule has 7 heteroatoms. The second-order valence-corrected chi connectivity index (χ2v) is 6.53. The summed E-state index contributed by atoms with van der Waals surface area (Å²) in [5.74, 6) is -0.698. The minimum atomic E-state index is -0.497. The first-order valence-electron chi connectivity index (χ1n) is 8.47. The zero-order valence-electron chi connectivity index (χ0n) is 14.7. The van der Waals surface area contributed by atoms with Gasteiger partial charge in [0.25, 0.3) is 11.8 Å². The molecule has 0 spiro atoms. The van der Waals surface area contributed by atoms with Crippen molar-refractivity contribution in [2.24, 2.45) is 0 Å². The van der Waals surface area contributed by atoms with Crippen molar-refractivity contribution in [2.45, 2.75) is 19.8 Å². The van der Waals surface area contributed by atoms with Gasteiger partial charge in [0.05, 0.1) is 17.7 Å². The van der Waals surface area contributed by atoms with Crippen LogP contribution in [0.2, 0.25) is 5.02 Å². The molecule has 0 aromatic heterocycles. The van der Waals surface area contributed by atoms with Gasteiger partial charge < -0.3 is 9.47 Å². The maximum Gasteiger partial charge on any atom is 0.307 e. The van der Waals surface area contributed by atoms with E-state index in [2.05, 4.69) is 0 Å². The van der Waals surface area contributed by atoms with Crippen LogP contribution in [-0.4, -0.2) is 36.0 Å². The van der Waals surface area contributed by atoms with E-state index in [9.17, 15) is 14.4 Å². The molecule has 1 aliphatic heterocycles. The summed E-state index contributed by atoms with van der Waals surface area (Å²) >= 11 is 5.89. The molecule has 2 amide bonds. The van der Waals surface area contributed by atoms with E-state index in [1.807, 2.05) is 6.92 Å². The van der Waals surface area contributed by atoms with Crippen molar-refractivity contribution in [2.75, 3.05) is 13.3 Å². The number of imide groups is 1. The Morgan fingerprint density at radius 1 is 1.07 bits per heavy atom. The van der Waals surface area contributed by atoms with Crippen LogP contribution in [0.1, 0.15) is 39.1 Å². The van der Waals surface area contributed by atoms with Crippen molar-refractivity contribution in [1.29, 1.82) is 0 Å². The third-order valence-electron chi connectivity index (χ3n) is 4.15. The molecule has 0 saturated heterocycles. The lowest BCUT2D eigenvalue weighted by molar-refractivity contribution is -0.146. The lowest BCUT2D eigenvalue weighted by Crippen LogP contribution is -2.33. The van der Waals surface area contributed by atoms with Gasteiger partial charge in [-0.25, -0.2) is 4.90 Å². The molecule has 1 aliphatic rings. The van der Waals surface area contributed by atoms with Crippen molar-refractivity contribution in [3.63, 3.8) is 0 Å². The third-order valence-corrected chi connectivity index (χ3v) is 4.39. The highest BCUT2D eigenvalue weighted by Gasteiger charge is 2.35. The van der Waals surface area contributed by atoms with Crippen molar-refractivity contribution in [1.82, 2.24) is 4.90 Å². The van der Waals surface area contributed by atoms with Gasteiger partial charge in [0.15, 0.2) is 6.73 Å². The summed E-state index contributed by atoms with van der Waals surface area (Å²) in [5, 5.41) is 0.636. The first-order chi connectivity index (χ1) is 13.0. The van der Waals surface area contributed by atoms with Gasteiger partial charge in [-0.1, -0.05) is 23.7 Å². The zero-order chi connectivity index (χ0) is 19.4. The summed E-state index contributed by atoms with van der Waals surface area (Å²) in [6, 6.07) is 11.8. The molecule has 3 rings (SSSR count). The van der Waals surface area contributed by atoms with E-state index in [4.69, 9.17) is 21.1 Å². The Morgan fingerprint density at radius 2 is 1.74 bits per heavy atom. The van der Waals surface area contributed by atoms with E-state index in [0.29, 0.717) is 34.9 Å². The molecule has 2 aromatic rings. The lowest BCUT2D eigenvalue weighted by atomic mass is 10.1. The normalized spacial score (nSPS) is 12.9. The Bertz CT molecular complexity index is 861. The molecule has 1 heterocycles. The fourth-order valence-electron chi connectivity index (χ4n) is 2.74. The maximum absolute atomic E-state index is 12.2. The molecular weight excluding hydrogens is 370 g/mol. The molecule has 0 atom stereocenters. The van der Waals surface area contributed by atoms with Crippen LogP contribution < -0.4 is 4.74 Å². The van der Waals surface area contributed by atoms with Gasteiger partial charge in [-0.3, -0.25) is 14.4 Å². The summed E-state index contributed by atoms with van der Waals surface area (Å²) in [7, 11) is 0. The molecule has 0 fully saturated rings. The molecule has 140 valence electrons. The van der Waals surface area contributed by atoms with Gasteiger partial charge in [0.2, 0.25) is 0 Å². The second-order valence-electron chi connectivity index (χ2n) is 6.09. The average Bonchev–Trinajstić information content (AvgIpc) is 2.89. The van der Waals surface area contributed by atoms with Crippen molar-refractivity contribution in [3.8, 4) is 5.75 Å². The number of benzene rings is 2. The standard InChI is InChI=1S/C20H18ClNO5/c1-13-11-14(21)8-9-17(13)26-10-4-7-18(23)27-12-22-19(24)15-5-2-3-6-16(15)20(22)25/h2-3,5-6,8-9,11H,4,7,10,12H2,1H3. The number of fused-ring (bicyclic) bond motifs is 1. The zero-order valence-corrected chi connectivity index (χ0v) is 15.5. The topological polar surface area (TPSA) is 72.9 Å². The van der Waals surface area contributed by atoms with E-state index in [0.717, 1.165) is 10.5 Å². The number of hydrogen-bond acceptors (Lipinski definition) is 5. The van der Waals surface area contributed by atoms with Gasteiger partial charge in [-0.15, -0.1) is 0 Å². The highest BCUT2D eigenvalue weighted by Crippen LogP contribution is 2.23. The fraction of sp³-hybridized carbons (Fsp3) is 0.250. The third kappa shape index (κ3) is 4.28. The van der Waals surface area contributed by atoms with E-state index in [1.54, 1.807) is 42.5 Å². The molecule has 0 bridgehead atoms. The molecular formula is C20H18ClNO5. The van der Waals surface area contributed by atoms with Crippen LogP contribution in [0.3, 0.4) is 0 Å². The molecule has 0 radical (unpaired) electrons. The maximum atomic E-state index is 12.2. The van der Waals surface area contributed by atoms with Gasteiger partial charge in [0.1, 0.15) is 5.75 Å². The Kier molecular flexibility index (Phi) is 5.76. The highest BCUT2D eigenvalue weighted by molar-refractivity contribution is 6.30. The monoisotopic (exact) mass is 387 g/mol. The van der Waals surface area contributed by atoms with Crippen LogP contribution in [0.25, 0.3) is 0 Å². The number of carbonyl (C=O) groups excluding carboxylic acids is 3. The van der Waals surface area contributed by atoms with E-state index in [-0.39, 0.29) is 13.2 Å². The number of carbonyl (C=O) groups is 3. The largest absolute Gasteiger partial charge is 0.493 e. The molecule has 0 aliphatic carbocycles. The smallest absolute Gasteiger partial charge is 0.307 e. The quantitative estimate of drug-likeness (QED) is 0.412. The van der Waals surface area contributed by atoms with E-state index < -0.39 is 17.8 Å². The molecule has 0 N–H and O–H groups in total. The van der Waals surface area contributed by atoms with Gasteiger partial charge in [-0.2, -0.15) is 0 Å². The SMILES string of the molecule is Cc1cc(Cl)ccc1OCCCC(=O)OCN1C(=O)c2ccccc2C1=O. The number of hydrogen-bond donors (Lipinski definition) is 0. The van der Waals surface area contributed by atoms with Gasteiger partial charge in [-0.05, 0) is 49.2 Å². The summed E-state index contributed by atoms with van der Waals surface area (Å²) in [5.41, 5.74) is 1.56. The fourth-order valence-corrected chi connectivity index (χ4v) is 2.97. The number of esters is 1. The summed E-state index contributed by atoms with van der Waals surface area (Å²) in [6.45, 7) is 1.84. The predicted octanol–water partition coefficient (Wildman–Crippen LogP) is 3.60. The van der Waals surface area contributed by atoms with Gasteiger partial charge >= 0.3 is 5.97 Å². The predicted molar refractivity (Wildman–Crippen MR) is 98.8 cm³/mol. The summed E-state index contributed by atoms with van der Waals surface area (Å²) < 4.78 is 10.7. The molecule has 2 aromatic carbocycles. The molecule has 0 saturated carbocycles. The Hall–Kier alpha value is -2.86. The molecule has 6 nitrogen and oxygen atoms in total. The minimum absolute atomic E-state index is 0.121. The van der Waals surface area contributed by atoms with Gasteiger partial charge in [0, 0.05) is 11.4 Å². The Labute approximate surface area is 161 Å². The average molecular weight is 388 g/mol. The van der Waals surface area contributed by atoms with Crippen LogP contribution in [0.4, 0.5) is 0 Å². The lowest BCUT2D eigenvalue weighted by Gasteiger charge is -2.14. The first-order valence-corrected chi connectivity index (χ1v) is 8.85. The Morgan fingerprint density at radius 3 is 2.37 bits per heavy atom. The van der Waals surface area contributed by atoms with Crippen LogP contribution in [0, 0.1) is 6.92 Å².